The Hall–Kier alpha value is -1.11. The number of rotatable bonds is 5. The number of aliphatic hydroxyl groups is 2. The number of nitrogen functional groups attached to an aromatic ring is 1. The van der Waals surface area contributed by atoms with E-state index in [1.54, 1.807) is 0 Å². The molecule has 1 rings (SSSR count). The number of nitrogens with one attached hydrogen (secondary N) is 1. The van der Waals surface area contributed by atoms with Crippen molar-refractivity contribution in [3.63, 3.8) is 0 Å². The van der Waals surface area contributed by atoms with Gasteiger partial charge in [0.1, 0.15) is 11.0 Å². The van der Waals surface area contributed by atoms with E-state index < -0.39 is 5.54 Å². The zero-order valence-electron chi connectivity index (χ0n) is 8.94. The highest BCUT2D eigenvalue weighted by Crippen LogP contribution is 2.19. The van der Waals surface area contributed by atoms with Gasteiger partial charge in [0.15, 0.2) is 0 Å². The molecule has 0 amide bonds. The fraction of sp³-hybridized carbons (Fsp3) is 0.556. The van der Waals surface area contributed by atoms with Crippen LogP contribution in [0, 0.1) is 0 Å². The molecular weight excluding hydrogens is 232 g/mol. The highest BCUT2D eigenvalue weighted by molar-refractivity contribution is 6.29. The van der Waals surface area contributed by atoms with Crippen molar-refractivity contribution < 1.29 is 10.2 Å². The molecule has 0 radical (unpaired) electrons. The second-order valence-corrected chi connectivity index (χ2v) is 3.90. The Morgan fingerprint density at radius 2 is 2.06 bits per heavy atom. The molecule has 5 N–H and O–H groups in total. The van der Waals surface area contributed by atoms with E-state index in [1.165, 1.54) is 6.07 Å². The van der Waals surface area contributed by atoms with Gasteiger partial charge >= 0.3 is 0 Å². The molecule has 16 heavy (non-hydrogen) atoms. The third-order valence-corrected chi connectivity index (χ3v) is 2.58. The molecule has 0 saturated heterocycles. The van der Waals surface area contributed by atoms with E-state index in [4.69, 9.17) is 17.3 Å². The lowest BCUT2D eigenvalue weighted by Gasteiger charge is -2.30. The van der Waals surface area contributed by atoms with Crippen molar-refractivity contribution in [3.8, 4) is 0 Å². The normalized spacial score (nSPS) is 11.5. The number of aromatic nitrogens is 2. The summed E-state index contributed by atoms with van der Waals surface area (Å²) >= 11 is 5.71. The monoisotopic (exact) mass is 246 g/mol. The minimum Gasteiger partial charge on any atom is -0.394 e. The van der Waals surface area contributed by atoms with Gasteiger partial charge in [-0.1, -0.05) is 18.5 Å². The first kappa shape index (κ1) is 13.0. The number of nitrogens with zero attached hydrogens (tertiary/aromatic N) is 2. The third-order valence-electron chi connectivity index (χ3n) is 2.39. The van der Waals surface area contributed by atoms with E-state index in [0.717, 1.165) is 0 Å². The van der Waals surface area contributed by atoms with Gasteiger partial charge in [-0.05, 0) is 6.42 Å². The fourth-order valence-electron chi connectivity index (χ4n) is 1.21. The van der Waals surface area contributed by atoms with Gasteiger partial charge in [0, 0.05) is 6.07 Å². The average molecular weight is 247 g/mol. The molecule has 0 aliphatic carbocycles. The number of anilines is 2. The van der Waals surface area contributed by atoms with Gasteiger partial charge in [-0.3, -0.25) is 0 Å². The minimum atomic E-state index is -0.829. The van der Waals surface area contributed by atoms with Gasteiger partial charge in [-0.2, -0.15) is 4.98 Å². The number of nitrogens with two attached hydrogens (primary N) is 1. The van der Waals surface area contributed by atoms with Crippen LogP contribution in [0.4, 0.5) is 11.8 Å². The predicted octanol–water partition coefficient (Wildman–Crippen LogP) is 0.257. The van der Waals surface area contributed by atoms with Crippen LogP contribution in [-0.4, -0.2) is 38.9 Å². The second kappa shape index (κ2) is 5.29. The van der Waals surface area contributed by atoms with Crippen LogP contribution in [0.2, 0.25) is 5.15 Å². The molecule has 7 heteroatoms. The largest absolute Gasteiger partial charge is 0.394 e. The van der Waals surface area contributed by atoms with Crippen molar-refractivity contribution in [2.75, 3.05) is 24.3 Å². The van der Waals surface area contributed by atoms with Crippen molar-refractivity contribution in [2.45, 2.75) is 18.9 Å². The summed E-state index contributed by atoms with van der Waals surface area (Å²) in [4.78, 5) is 7.62. The Morgan fingerprint density at radius 1 is 1.44 bits per heavy atom. The molecule has 0 aromatic carbocycles. The predicted molar refractivity (Wildman–Crippen MR) is 62.3 cm³/mol. The second-order valence-electron chi connectivity index (χ2n) is 3.51. The van der Waals surface area contributed by atoms with Gasteiger partial charge in [0.25, 0.3) is 0 Å². The highest BCUT2D eigenvalue weighted by Gasteiger charge is 2.26. The quantitative estimate of drug-likeness (QED) is 0.556. The maximum atomic E-state index is 9.25. The molecule has 0 fully saturated rings. The van der Waals surface area contributed by atoms with Crippen molar-refractivity contribution in [1.29, 1.82) is 0 Å². The lowest BCUT2D eigenvalue weighted by molar-refractivity contribution is 0.132. The lowest BCUT2D eigenvalue weighted by atomic mass is 9.98. The Morgan fingerprint density at radius 3 is 2.50 bits per heavy atom. The van der Waals surface area contributed by atoms with Crippen molar-refractivity contribution in [1.82, 2.24) is 9.97 Å². The molecule has 1 aromatic heterocycles. The summed E-state index contributed by atoms with van der Waals surface area (Å²) in [5, 5.41) is 21.6. The summed E-state index contributed by atoms with van der Waals surface area (Å²) in [5.41, 5.74) is 4.60. The van der Waals surface area contributed by atoms with E-state index in [2.05, 4.69) is 15.3 Å². The first-order chi connectivity index (χ1) is 7.55. The summed E-state index contributed by atoms with van der Waals surface area (Å²) in [5.74, 6) is 0.415. The maximum Gasteiger partial charge on any atom is 0.223 e. The first-order valence-electron chi connectivity index (χ1n) is 4.85. The summed E-state index contributed by atoms with van der Waals surface area (Å²) in [6.07, 6.45) is 0.529. The molecule has 1 heterocycles. The van der Waals surface area contributed by atoms with E-state index >= 15 is 0 Å². The van der Waals surface area contributed by atoms with Crippen LogP contribution in [0.5, 0.6) is 0 Å². The van der Waals surface area contributed by atoms with Crippen molar-refractivity contribution >= 4 is 23.4 Å². The molecule has 0 aliphatic heterocycles. The Bertz CT molecular complexity index is 329. The van der Waals surface area contributed by atoms with Gasteiger partial charge < -0.3 is 21.3 Å². The average Bonchev–Trinajstić information content (AvgIpc) is 2.25. The molecule has 90 valence electrons. The van der Waals surface area contributed by atoms with Gasteiger partial charge in [0.2, 0.25) is 5.95 Å². The number of hydrogen-bond donors (Lipinski definition) is 4. The number of aliphatic hydroxyl groups excluding tert-OH is 2. The number of halogens is 1. The molecule has 0 aliphatic rings. The smallest absolute Gasteiger partial charge is 0.223 e. The molecule has 0 unspecified atom stereocenters. The van der Waals surface area contributed by atoms with E-state index in [0.29, 0.717) is 12.2 Å². The van der Waals surface area contributed by atoms with Crippen LogP contribution in [0.25, 0.3) is 0 Å². The molecule has 0 spiro atoms. The SMILES string of the molecule is CCC(CO)(CO)Nc1cc(Cl)nc(N)n1. The summed E-state index contributed by atoms with van der Waals surface area (Å²) < 4.78 is 0. The molecule has 6 nitrogen and oxygen atoms in total. The van der Waals surface area contributed by atoms with Gasteiger partial charge in [-0.25, -0.2) is 4.98 Å². The van der Waals surface area contributed by atoms with Crippen LogP contribution in [0.3, 0.4) is 0 Å². The summed E-state index contributed by atoms with van der Waals surface area (Å²) in [6.45, 7) is 1.40. The van der Waals surface area contributed by atoms with Crippen molar-refractivity contribution in [2.24, 2.45) is 0 Å². The zero-order valence-corrected chi connectivity index (χ0v) is 9.70. The van der Waals surface area contributed by atoms with Crippen molar-refractivity contribution in [3.05, 3.63) is 11.2 Å². The molecular formula is C9H15ClN4O2. The standard InChI is InChI=1S/C9H15ClN4O2/c1-2-9(4-15,5-16)14-7-3-6(10)12-8(11)13-7/h3,15-16H,2,4-5H2,1H3,(H3,11,12,13,14). The van der Waals surface area contributed by atoms with Crippen LogP contribution in [-0.2, 0) is 0 Å². The number of hydrogen-bond acceptors (Lipinski definition) is 6. The maximum absolute atomic E-state index is 9.25. The van der Waals surface area contributed by atoms with Crippen LogP contribution < -0.4 is 11.1 Å². The Kier molecular flexibility index (Phi) is 4.28. The van der Waals surface area contributed by atoms with Gasteiger partial charge in [-0.15, -0.1) is 0 Å². The van der Waals surface area contributed by atoms with E-state index in [1.807, 2.05) is 6.92 Å². The Balaban J connectivity index is 2.93. The first-order valence-corrected chi connectivity index (χ1v) is 5.23. The van der Waals surface area contributed by atoms with Gasteiger partial charge in [0.05, 0.1) is 18.8 Å². The minimum absolute atomic E-state index is 0.0379. The zero-order chi connectivity index (χ0) is 12.2. The molecule has 0 saturated carbocycles. The van der Waals surface area contributed by atoms with E-state index in [-0.39, 0.29) is 24.3 Å². The van der Waals surface area contributed by atoms with Crippen LogP contribution in [0.15, 0.2) is 6.07 Å². The van der Waals surface area contributed by atoms with E-state index in [9.17, 15) is 10.2 Å². The fourth-order valence-corrected chi connectivity index (χ4v) is 1.40. The third kappa shape index (κ3) is 2.94. The topological polar surface area (TPSA) is 104 Å². The highest BCUT2D eigenvalue weighted by atomic mass is 35.5. The summed E-state index contributed by atoms with van der Waals surface area (Å²) in [7, 11) is 0. The summed E-state index contributed by atoms with van der Waals surface area (Å²) in [6, 6.07) is 1.48. The Labute approximate surface area is 98.5 Å². The molecule has 1 aromatic rings. The molecule has 0 atom stereocenters. The van der Waals surface area contributed by atoms with Crippen LogP contribution >= 0.6 is 11.6 Å². The van der Waals surface area contributed by atoms with Crippen LogP contribution in [0.1, 0.15) is 13.3 Å². The lowest BCUT2D eigenvalue weighted by Crippen LogP contribution is -2.45. The molecule has 0 bridgehead atoms.